The minimum absolute atomic E-state index is 0.450. The lowest BCUT2D eigenvalue weighted by atomic mass is 10.1. The second-order valence-electron chi connectivity index (χ2n) is 2.69. The predicted octanol–water partition coefficient (Wildman–Crippen LogP) is 2.66. The summed E-state index contributed by atoms with van der Waals surface area (Å²) in [7, 11) is 1.66. The quantitative estimate of drug-likeness (QED) is 0.813. The average molecular weight is 240 g/mol. The maximum Gasteiger partial charge on any atom is 0.0724 e. The highest BCUT2D eigenvalue weighted by molar-refractivity contribution is 9.10. The molecule has 1 rings (SSSR count). The fraction of sp³-hybridized carbons (Fsp3) is 0.300. The highest BCUT2D eigenvalue weighted by atomic mass is 79.9. The normalized spacial score (nSPS) is 9.62. The third-order valence-corrected chi connectivity index (χ3v) is 2.44. The van der Waals surface area contributed by atoms with E-state index in [1.807, 2.05) is 18.2 Å². The summed E-state index contributed by atoms with van der Waals surface area (Å²) in [6, 6.07) is 7.99. The van der Waals surface area contributed by atoms with Crippen LogP contribution in [0, 0.1) is 11.3 Å². The molecule has 1 aromatic rings. The van der Waals surface area contributed by atoms with Crippen molar-refractivity contribution >= 4 is 15.9 Å². The minimum atomic E-state index is 0.450. The summed E-state index contributed by atoms with van der Waals surface area (Å²) < 4.78 is 6.02. The summed E-state index contributed by atoms with van der Waals surface area (Å²) in [5.41, 5.74) is 2.12. The zero-order valence-electron chi connectivity index (χ0n) is 7.38. The van der Waals surface area contributed by atoms with E-state index in [9.17, 15) is 0 Å². The van der Waals surface area contributed by atoms with Crippen molar-refractivity contribution in [3.05, 3.63) is 33.8 Å². The molecule has 3 heteroatoms. The first-order valence-electron chi connectivity index (χ1n) is 3.91. The molecule has 0 aliphatic rings. The van der Waals surface area contributed by atoms with E-state index in [4.69, 9.17) is 10.00 Å². The van der Waals surface area contributed by atoms with Gasteiger partial charge in [0.1, 0.15) is 0 Å². The van der Waals surface area contributed by atoms with Crippen LogP contribution < -0.4 is 0 Å². The summed E-state index contributed by atoms with van der Waals surface area (Å²) in [6.07, 6.45) is 0.450. The van der Waals surface area contributed by atoms with Gasteiger partial charge in [0.15, 0.2) is 0 Å². The number of ether oxygens (including phenoxy) is 1. The third-order valence-electron chi connectivity index (χ3n) is 1.70. The van der Waals surface area contributed by atoms with Gasteiger partial charge in [-0.1, -0.05) is 28.1 Å². The molecule has 0 aliphatic carbocycles. The van der Waals surface area contributed by atoms with Gasteiger partial charge in [0.2, 0.25) is 0 Å². The van der Waals surface area contributed by atoms with Gasteiger partial charge in [-0.3, -0.25) is 0 Å². The van der Waals surface area contributed by atoms with Crippen LogP contribution in [0.25, 0.3) is 0 Å². The Bertz CT molecular complexity index is 330. The standard InChI is InChI=1S/C10H10BrNO/c1-13-7-9-3-2-8(4-5-12)6-10(9)11/h2-3,6H,4,7H2,1H3. The lowest BCUT2D eigenvalue weighted by molar-refractivity contribution is 0.184. The lowest BCUT2D eigenvalue weighted by Gasteiger charge is -2.04. The van der Waals surface area contributed by atoms with Crippen LogP contribution in [0.15, 0.2) is 22.7 Å². The smallest absolute Gasteiger partial charge is 0.0724 e. The molecule has 0 unspecified atom stereocenters. The van der Waals surface area contributed by atoms with E-state index in [1.54, 1.807) is 7.11 Å². The molecule has 0 saturated carbocycles. The summed E-state index contributed by atoms with van der Waals surface area (Å²) in [4.78, 5) is 0. The summed E-state index contributed by atoms with van der Waals surface area (Å²) in [6.45, 7) is 0.591. The summed E-state index contributed by atoms with van der Waals surface area (Å²) in [5.74, 6) is 0. The van der Waals surface area contributed by atoms with E-state index in [1.165, 1.54) is 0 Å². The maximum atomic E-state index is 8.49. The number of rotatable bonds is 3. The molecule has 0 atom stereocenters. The summed E-state index contributed by atoms with van der Waals surface area (Å²) >= 11 is 3.43. The molecule has 13 heavy (non-hydrogen) atoms. The van der Waals surface area contributed by atoms with Crippen molar-refractivity contribution in [3.8, 4) is 6.07 Å². The van der Waals surface area contributed by atoms with Crippen molar-refractivity contribution in [3.63, 3.8) is 0 Å². The molecule has 0 aromatic heterocycles. The zero-order valence-corrected chi connectivity index (χ0v) is 8.97. The highest BCUT2D eigenvalue weighted by Crippen LogP contribution is 2.19. The Morgan fingerprint density at radius 1 is 1.54 bits per heavy atom. The molecular weight excluding hydrogens is 230 g/mol. The second-order valence-corrected chi connectivity index (χ2v) is 3.55. The molecule has 0 fully saturated rings. The molecule has 1 aromatic carbocycles. The van der Waals surface area contributed by atoms with E-state index in [0.717, 1.165) is 15.6 Å². The van der Waals surface area contributed by atoms with E-state index in [0.29, 0.717) is 13.0 Å². The number of hydrogen-bond acceptors (Lipinski definition) is 2. The Labute approximate surface area is 86.3 Å². The summed E-state index contributed by atoms with van der Waals surface area (Å²) in [5, 5.41) is 8.49. The van der Waals surface area contributed by atoms with Gasteiger partial charge in [-0.2, -0.15) is 5.26 Å². The van der Waals surface area contributed by atoms with Crippen LogP contribution in [0.1, 0.15) is 11.1 Å². The van der Waals surface area contributed by atoms with Gasteiger partial charge in [-0.05, 0) is 17.2 Å². The average Bonchev–Trinajstić information content (AvgIpc) is 2.10. The van der Waals surface area contributed by atoms with Gasteiger partial charge in [-0.15, -0.1) is 0 Å². The number of nitrogens with zero attached hydrogens (tertiary/aromatic N) is 1. The zero-order chi connectivity index (χ0) is 9.68. The predicted molar refractivity (Wildman–Crippen MR) is 54.2 cm³/mol. The highest BCUT2D eigenvalue weighted by Gasteiger charge is 2.00. The van der Waals surface area contributed by atoms with Crippen molar-refractivity contribution < 1.29 is 4.74 Å². The first-order valence-corrected chi connectivity index (χ1v) is 4.70. The van der Waals surface area contributed by atoms with Gasteiger partial charge >= 0.3 is 0 Å². The van der Waals surface area contributed by atoms with Crippen molar-refractivity contribution in [1.29, 1.82) is 5.26 Å². The molecule has 0 bridgehead atoms. The number of halogens is 1. The lowest BCUT2D eigenvalue weighted by Crippen LogP contribution is -1.90. The third kappa shape index (κ3) is 2.83. The minimum Gasteiger partial charge on any atom is -0.380 e. The SMILES string of the molecule is COCc1ccc(CC#N)cc1Br. The molecule has 0 heterocycles. The van der Waals surface area contributed by atoms with Crippen molar-refractivity contribution in [2.24, 2.45) is 0 Å². The van der Waals surface area contributed by atoms with Crippen LogP contribution in [-0.4, -0.2) is 7.11 Å². The van der Waals surface area contributed by atoms with Crippen LogP contribution in [-0.2, 0) is 17.8 Å². The van der Waals surface area contributed by atoms with Gasteiger partial charge in [-0.25, -0.2) is 0 Å². The topological polar surface area (TPSA) is 33.0 Å². The van der Waals surface area contributed by atoms with Crippen LogP contribution in [0.4, 0.5) is 0 Å². The van der Waals surface area contributed by atoms with E-state index < -0.39 is 0 Å². The van der Waals surface area contributed by atoms with Gasteiger partial charge in [0.05, 0.1) is 19.1 Å². The maximum absolute atomic E-state index is 8.49. The molecule has 0 amide bonds. The van der Waals surface area contributed by atoms with Gasteiger partial charge in [0, 0.05) is 11.6 Å². The molecule has 0 spiro atoms. The van der Waals surface area contributed by atoms with E-state index >= 15 is 0 Å². The van der Waals surface area contributed by atoms with Crippen molar-refractivity contribution in [2.75, 3.05) is 7.11 Å². The molecular formula is C10H10BrNO. The number of methoxy groups -OCH3 is 1. The molecule has 0 radical (unpaired) electrons. The molecule has 0 N–H and O–H groups in total. The number of benzene rings is 1. The fourth-order valence-electron chi connectivity index (χ4n) is 1.06. The Balaban J connectivity index is 2.86. The Kier molecular flexibility index (Phi) is 3.94. The van der Waals surface area contributed by atoms with E-state index in [-0.39, 0.29) is 0 Å². The van der Waals surface area contributed by atoms with E-state index in [2.05, 4.69) is 22.0 Å². The van der Waals surface area contributed by atoms with Crippen molar-refractivity contribution in [1.82, 2.24) is 0 Å². The molecule has 2 nitrogen and oxygen atoms in total. The van der Waals surface area contributed by atoms with Crippen LogP contribution in [0.5, 0.6) is 0 Å². The Morgan fingerprint density at radius 3 is 2.85 bits per heavy atom. The molecule has 68 valence electrons. The molecule has 0 aliphatic heterocycles. The van der Waals surface area contributed by atoms with Crippen LogP contribution in [0.2, 0.25) is 0 Å². The number of hydrogen-bond donors (Lipinski definition) is 0. The van der Waals surface area contributed by atoms with Crippen LogP contribution >= 0.6 is 15.9 Å². The monoisotopic (exact) mass is 239 g/mol. The fourth-order valence-corrected chi connectivity index (χ4v) is 1.61. The van der Waals surface area contributed by atoms with Crippen molar-refractivity contribution in [2.45, 2.75) is 13.0 Å². The second kappa shape index (κ2) is 5.00. The Hall–Kier alpha value is -0.850. The van der Waals surface area contributed by atoms with Gasteiger partial charge < -0.3 is 4.74 Å². The van der Waals surface area contributed by atoms with Gasteiger partial charge in [0.25, 0.3) is 0 Å². The number of nitriles is 1. The molecule has 0 saturated heterocycles. The Morgan fingerprint density at radius 2 is 2.31 bits per heavy atom. The van der Waals surface area contributed by atoms with Crippen LogP contribution in [0.3, 0.4) is 0 Å². The first kappa shape index (κ1) is 10.2. The largest absolute Gasteiger partial charge is 0.380 e. The first-order chi connectivity index (χ1) is 6.27.